The van der Waals surface area contributed by atoms with Gasteiger partial charge in [-0.1, -0.05) is 206 Å². The van der Waals surface area contributed by atoms with E-state index in [1.807, 2.05) is 0 Å². The highest BCUT2D eigenvalue weighted by Gasteiger charge is 2.20. The van der Waals surface area contributed by atoms with E-state index in [4.69, 9.17) is 4.74 Å². The van der Waals surface area contributed by atoms with Gasteiger partial charge in [0.05, 0.1) is 25.4 Å². The zero-order valence-electron chi connectivity index (χ0n) is 36.2. The molecular formula is C48H93NO5. The molecule has 0 spiro atoms. The van der Waals surface area contributed by atoms with Crippen molar-refractivity contribution in [3.63, 3.8) is 0 Å². The Kier molecular flexibility index (Phi) is 43.2. The van der Waals surface area contributed by atoms with Crippen LogP contribution in [0, 0.1) is 0 Å². The van der Waals surface area contributed by atoms with Gasteiger partial charge in [-0.15, -0.1) is 0 Å². The van der Waals surface area contributed by atoms with Crippen molar-refractivity contribution >= 4 is 11.9 Å². The van der Waals surface area contributed by atoms with Gasteiger partial charge >= 0.3 is 5.97 Å². The zero-order valence-corrected chi connectivity index (χ0v) is 36.2. The molecule has 0 rings (SSSR count). The summed E-state index contributed by atoms with van der Waals surface area (Å²) in [4.78, 5) is 24.4. The van der Waals surface area contributed by atoms with Crippen LogP contribution < -0.4 is 5.32 Å². The van der Waals surface area contributed by atoms with E-state index in [2.05, 4.69) is 31.3 Å². The SMILES string of the molecule is CCCCC/C=C\CCCCCCCC(=O)OCCCCCCCCCCCCCCCC(=O)NC(CO)C(O)CCCCCCCCCCCCCC. The third-order valence-electron chi connectivity index (χ3n) is 11.1. The monoisotopic (exact) mass is 764 g/mol. The van der Waals surface area contributed by atoms with Crippen molar-refractivity contribution in [2.75, 3.05) is 13.2 Å². The number of rotatable bonds is 44. The van der Waals surface area contributed by atoms with Gasteiger partial charge in [0.25, 0.3) is 0 Å². The van der Waals surface area contributed by atoms with Crippen molar-refractivity contribution in [1.29, 1.82) is 0 Å². The van der Waals surface area contributed by atoms with Crippen molar-refractivity contribution in [1.82, 2.24) is 5.32 Å². The third kappa shape index (κ3) is 40.3. The third-order valence-corrected chi connectivity index (χ3v) is 11.1. The van der Waals surface area contributed by atoms with Crippen LogP contribution in [0.4, 0.5) is 0 Å². The molecule has 0 fully saturated rings. The largest absolute Gasteiger partial charge is 0.466 e. The van der Waals surface area contributed by atoms with Crippen molar-refractivity contribution < 1.29 is 24.5 Å². The summed E-state index contributed by atoms with van der Waals surface area (Å²) in [6, 6.07) is -0.549. The fourth-order valence-corrected chi connectivity index (χ4v) is 7.34. The van der Waals surface area contributed by atoms with Gasteiger partial charge in [0.1, 0.15) is 0 Å². The van der Waals surface area contributed by atoms with Gasteiger partial charge in [-0.05, 0) is 51.4 Å². The number of nitrogens with one attached hydrogen (secondary N) is 1. The number of esters is 1. The number of carbonyl (C=O) groups excluding carboxylic acids is 2. The van der Waals surface area contributed by atoms with E-state index in [-0.39, 0.29) is 18.5 Å². The molecule has 0 saturated carbocycles. The molecule has 3 N–H and O–H groups in total. The van der Waals surface area contributed by atoms with Gasteiger partial charge in [0.2, 0.25) is 5.91 Å². The Balaban J connectivity index is 3.45. The van der Waals surface area contributed by atoms with Crippen LogP contribution in [0.5, 0.6) is 0 Å². The second kappa shape index (κ2) is 44.3. The summed E-state index contributed by atoms with van der Waals surface area (Å²) in [6.45, 7) is 4.89. The molecule has 0 radical (unpaired) electrons. The van der Waals surface area contributed by atoms with Gasteiger partial charge in [0.15, 0.2) is 0 Å². The van der Waals surface area contributed by atoms with Crippen molar-refractivity contribution in [2.24, 2.45) is 0 Å². The average Bonchev–Trinajstić information content (AvgIpc) is 3.17. The van der Waals surface area contributed by atoms with E-state index in [0.29, 0.717) is 25.9 Å². The Labute approximate surface area is 336 Å². The normalized spacial score (nSPS) is 12.7. The average molecular weight is 764 g/mol. The lowest BCUT2D eigenvalue weighted by Crippen LogP contribution is -2.45. The number of aliphatic hydroxyl groups is 2. The van der Waals surface area contributed by atoms with Crippen LogP contribution in [0.25, 0.3) is 0 Å². The highest BCUT2D eigenvalue weighted by molar-refractivity contribution is 5.76. The minimum absolute atomic E-state index is 0.0157. The molecule has 0 heterocycles. The summed E-state index contributed by atoms with van der Waals surface area (Å²) in [6.07, 6.45) is 48.8. The summed E-state index contributed by atoms with van der Waals surface area (Å²) < 4.78 is 5.44. The van der Waals surface area contributed by atoms with Crippen LogP contribution in [0.15, 0.2) is 12.2 Å². The maximum Gasteiger partial charge on any atom is 0.305 e. The van der Waals surface area contributed by atoms with Crippen molar-refractivity contribution in [3.8, 4) is 0 Å². The highest BCUT2D eigenvalue weighted by atomic mass is 16.5. The molecule has 0 bridgehead atoms. The molecule has 0 aliphatic rings. The molecular weight excluding hydrogens is 671 g/mol. The Bertz CT molecular complexity index is 802. The first kappa shape index (κ1) is 52.6. The molecule has 0 aromatic rings. The van der Waals surface area contributed by atoms with E-state index >= 15 is 0 Å². The lowest BCUT2D eigenvalue weighted by molar-refractivity contribution is -0.143. The number of unbranched alkanes of at least 4 members (excludes halogenated alkanes) is 31. The Morgan fingerprint density at radius 2 is 0.870 bits per heavy atom. The Hall–Kier alpha value is -1.40. The molecule has 2 atom stereocenters. The second-order valence-electron chi connectivity index (χ2n) is 16.4. The van der Waals surface area contributed by atoms with Crippen LogP contribution in [-0.2, 0) is 14.3 Å². The smallest absolute Gasteiger partial charge is 0.305 e. The molecule has 2 unspecified atom stereocenters. The Morgan fingerprint density at radius 1 is 0.500 bits per heavy atom. The van der Waals surface area contributed by atoms with E-state index in [1.54, 1.807) is 0 Å². The summed E-state index contributed by atoms with van der Waals surface area (Å²) in [5.74, 6) is -0.0645. The highest BCUT2D eigenvalue weighted by Crippen LogP contribution is 2.16. The van der Waals surface area contributed by atoms with Crippen LogP contribution in [0.1, 0.15) is 258 Å². The van der Waals surface area contributed by atoms with E-state index in [0.717, 1.165) is 51.4 Å². The fraction of sp³-hybridized carbons (Fsp3) is 0.917. The van der Waals surface area contributed by atoms with Crippen molar-refractivity contribution in [2.45, 2.75) is 270 Å². The molecule has 0 saturated heterocycles. The second-order valence-corrected chi connectivity index (χ2v) is 16.4. The maximum atomic E-state index is 12.4. The number of carbonyl (C=O) groups is 2. The van der Waals surface area contributed by atoms with Gasteiger partial charge in [0, 0.05) is 12.8 Å². The number of hydrogen-bond acceptors (Lipinski definition) is 5. The number of allylic oxidation sites excluding steroid dienone is 2. The summed E-state index contributed by atoms with van der Waals surface area (Å²) >= 11 is 0. The predicted molar refractivity (Wildman–Crippen MR) is 232 cm³/mol. The molecule has 0 aliphatic heterocycles. The standard InChI is InChI=1S/C48H93NO5/c1-3-5-7-9-11-13-15-20-24-28-32-36-40-46(51)45(44-50)49-47(52)41-37-33-29-25-21-18-17-19-23-27-31-35-39-43-54-48(53)42-38-34-30-26-22-16-14-12-10-8-6-4-2/h12,14,45-46,50-51H,3-11,13,15-44H2,1-2H3,(H,49,52)/b14-12-. The van der Waals surface area contributed by atoms with E-state index in [9.17, 15) is 19.8 Å². The van der Waals surface area contributed by atoms with Crippen molar-refractivity contribution in [3.05, 3.63) is 12.2 Å². The van der Waals surface area contributed by atoms with E-state index < -0.39 is 12.1 Å². The molecule has 0 aromatic heterocycles. The molecule has 0 aromatic carbocycles. The van der Waals surface area contributed by atoms with Gasteiger partial charge in [-0.3, -0.25) is 9.59 Å². The number of aliphatic hydroxyl groups excluding tert-OH is 2. The number of ether oxygens (including phenoxy) is 1. The first-order valence-electron chi connectivity index (χ1n) is 23.9. The van der Waals surface area contributed by atoms with Crippen LogP contribution in [0.2, 0.25) is 0 Å². The van der Waals surface area contributed by atoms with Crippen LogP contribution in [0.3, 0.4) is 0 Å². The maximum absolute atomic E-state index is 12.4. The fourth-order valence-electron chi connectivity index (χ4n) is 7.34. The number of amides is 1. The van der Waals surface area contributed by atoms with Crippen LogP contribution >= 0.6 is 0 Å². The van der Waals surface area contributed by atoms with Gasteiger partial charge in [-0.25, -0.2) is 0 Å². The summed E-state index contributed by atoms with van der Waals surface area (Å²) in [7, 11) is 0. The van der Waals surface area contributed by atoms with Crippen LogP contribution in [-0.4, -0.2) is 47.4 Å². The Morgan fingerprint density at radius 3 is 1.35 bits per heavy atom. The topological polar surface area (TPSA) is 95.9 Å². The number of hydrogen-bond donors (Lipinski definition) is 3. The lowest BCUT2D eigenvalue weighted by atomic mass is 10.0. The zero-order chi connectivity index (χ0) is 39.4. The van der Waals surface area contributed by atoms with Gasteiger partial charge in [-0.2, -0.15) is 0 Å². The van der Waals surface area contributed by atoms with E-state index in [1.165, 1.54) is 173 Å². The minimum Gasteiger partial charge on any atom is -0.466 e. The molecule has 6 heteroatoms. The first-order valence-corrected chi connectivity index (χ1v) is 23.9. The summed E-state index contributed by atoms with van der Waals surface area (Å²) in [5.41, 5.74) is 0. The molecule has 54 heavy (non-hydrogen) atoms. The molecule has 6 nitrogen and oxygen atoms in total. The lowest BCUT2D eigenvalue weighted by Gasteiger charge is -2.22. The first-order chi connectivity index (χ1) is 26.5. The molecule has 0 aliphatic carbocycles. The molecule has 1 amide bonds. The van der Waals surface area contributed by atoms with Gasteiger partial charge < -0.3 is 20.3 Å². The molecule has 320 valence electrons. The predicted octanol–water partition coefficient (Wildman–Crippen LogP) is 13.8. The minimum atomic E-state index is -0.670. The quantitative estimate of drug-likeness (QED) is 0.0326. The summed E-state index contributed by atoms with van der Waals surface area (Å²) in [5, 5.41) is 23.1.